The first-order valence-electron chi connectivity index (χ1n) is 6.78. The van der Waals surface area contributed by atoms with E-state index in [4.69, 9.17) is 4.74 Å². The zero-order valence-corrected chi connectivity index (χ0v) is 11.5. The molecule has 0 spiro atoms. The first-order chi connectivity index (χ1) is 7.56. The number of ether oxygens (including phenoxy) is 1. The van der Waals surface area contributed by atoms with E-state index < -0.39 is 0 Å². The second-order valence-electron chi connectivity index (χ2n) is 6.06. The minimum atomic E-state index is 0.433. The highest BCUT2D eigenvalue weighted by Gasteiger charge is 2.30. The zero-order valence-electron chi connectivity index (χ0n) is 11.5. The predicted molar refractivity (Wildman–Crippen MR) is 69.7 cm³/mol. The van der Waals surface area contributed by atoms with Crippen molar-refractivity contribution in [3.63, 3.8) is 0 Å². The zero-order chi connectivity index (χ0) is 12.0. The molecule has 0 amide bonds. The van der Waals surface area contributed by atoms with Crippen LogP contribution >= 0.6 is 0 Å². The SMILES string of the molecule is COCC(C)NCC(C)(C)C1CCCCC1. The molecule has 1 rings (SSSR count). The van der Waals surface area contributed by atoms with E-state index in [1.807, 2.05) is 0 Å². The Kier molecular flexibility index (Phi) is 5.77. The first-order valence-corrected chi connectivity index (χ1v) is 6.78. The van der Waals surface area contributed by atoms with Crippen molar-refractivity contribution in [2.75, 3.05) is 20.3 Å². The Labute approximate surface area is 101 Å². The summed E-state index contributed by atoms with van der Waals surface area (Å²) >= 11 is 0. The van der Waals surface area contributed by atoms with E-state index in [1.165, 1.54) is 32.1 Å². The Morgan fingerprint density at radius 1 is 1.25 bits per heavy atom. The van der Waals surface area contributed by atoms with Crippen LogP contribution in [0.4, 0.5) is 0 Å². The lowest BCUT2D eigenvalue weighted by Gasteiger charge is -2.38. The molecular formula is C14H29NO. The Balaban J connectivity index is 2.31. The molecule has 1 unspecified atom stereocenters. The number of rotatable bonds is 6. The average molecular weight is 227 g/mol. The third kappa shape index (κ3) is 4.42. The van der Waals surface area contributed by atoms with Crippen molar-refractivity contribution in [3.05, 3.63) is 0 Å². The minimum Gasteiger partial charge on any atom is -0.383 e. The van der Waals surface area contributed by atoms with Gasteiger partial charge in [-0.3, -0.25) is 0 Å². The lowest BCUT2D eigenvalue weighted by Crippen LogP contribution is -2.41. The van der Waals surface area contributed by atoms with Crippen molar-refractivity contribution in [1.82, 2.24) is 5.32 Å². The molecule has 0 bridgehead atoms. The van der Waals surface area contributed by atoms with Crippen molar-refractivity contribution in [2.45, 2.75) is 58.9 Å². The van der Waals surface area contributed by atoms with E-state index in [1.54, 1.807) is 7.11 Å². The monoisotopic (exact) mass is 227 g/mol. The Hall–Kier alpha value is -0.0800. The minimum absolute atomic E-state index is 0.433. The van der Waals surface area contributed by atoms with Gasteiger partial charge in [0.15, 0.2) is 0 Å². The smallest absolute Gasteiger partial charge is 0.0613 e. The van der Waals surface area contributed by atoms with Crippen LogP contribution in [-0.4, -0.2) is 26.3 Å². The molecule has 16 heavy (non-hydrogen) atoms. The highest BCUT2D eigenvalue weighted by molar-refractivity contribution is 4.83. The number of methoxy groups -OCH3 is 1. The lowest BCUT2D eigenvalue weighted by atomic mass is 9.71. The maximum atomic E-state index is 5.15. The fraction of sp³-hybridized carbons (Fsp3) is 1.00. The molecule has 1 saturated carbocycles. The largest absolute Gasteiger partial charge is 0.383 e. The van der Waals surface area contributed by atoms with Crippen molar-refractivity contribution < 1.29 is 4.74 Å². The van der Waals surface area contributed by atoms with Crippen molar-refractivity contribution in [3.8, 4) is 0 Å². The average Bonchev–Trinajstić information content (AvgIpc) is 2.28. The van der Waals surface area contributed by atoms with Crippen LogP contribution in [-0.2, 0) is 4.74 Å². The summed E-state index contributed by atoms with van der Waals surface area (Å²) in [7, 11) is 1.77. The second-order valence-corrected chi connectivity index (χ2v) is 6.06. The van der Waals surface area contributed by atoms with Gasteiger partial charge in [0.2, 0.25) is 0 Å². The summed E-state index contributed by atoms with van der Waals surface area (Å²) in [6.45, 7) is 8.94. The van der Waals surface area contributed by atoms with Gasteiger partial charge in [-0.05, 0) is 31.1 Å². The van der Waals surface area contributed by atoms with Crippen molar-refractivity contribution >= 4 is 0 Å². The number of hydrogen-bond donors (Lipinski definition) is 1. The summed E-state index contributed by atoms with van der Waals surface area (Å²) in [5.74, 6) is 0.906. The third-order valence-electron chi connectivity index (χ3n) is 4.03. The van der Waals surface area contributed by atoms with E-state index in [2.05, 4.69) is 26.1 Å². The molecule has 2 nitrogen and oxygen atoms in total. The molecule has 0 aromatic heterocycles. The van der Waals surface area contributed by atoms with Crippen molar-refractivity contribution in [2.24, 2.45) is 11.3 Å². The molecule has 0 aliphatic heterocycles. The van der Waals surface area contributed by atoms with E-state index in [-0.39, 0.29) is 0 Å². The van der Waals surface area contributed by atoms with Gasteiger partial charge in [-0.15, -0.1) is 0 Å². The molecule has 0 aromatic carbocycles. The van der Waals surface area contributed by atoms with E-state index in [9.17, 15) is 0 Å². The highest BCUT2D eigenvalue weighted by Crippen LogP contribution is 2.37. The summed E-state index contributed by atoms with van der Waals surface area (Å²) in [5.41, 5.74) is 0.433. The van der Waals surface area contributed by atoms with Gasteiger partial charge in [-0.25, -0.2) is 0 Å². The number of hydrogen-bond acceptors (Lipinski definition) is 2. The van der Waals surface area contributed by atoms with Crippen LogP contribution in [0.2, 0.25) is 0 Å². The molecule has 0 aromatic rings. The molecule has 2 heteroatoms. The second kappa shape index (κ2) is 6.61. The van der Waals surface area contributed by atoms with Gasteiger partial charge in [0.25, 0.3) is 0 Å². The highest BCUT2D eigenvalue weighted by atomic mass is 16.5. The summed E-state index contributed by atoms with van der Waals surface area (Å²) in [5, 5.41) is 3.60. The molecule has 1 aliphatic rings. The normalized spacial score (nSPS) is 21.0. The standard InChI is InChI=1S/C14H29NO/c1-12(10-16-4)15-11-14(2,3)13-8-6-5-7-9-13/h12-13,15H,5-11H2,1-4H3. The van der Waals surface area contributed by atoms with Gasteiger partial charge < -0.3 is 10.1 Å². The summed E-state index contributed by atoms with van der Waals surface area (Å²) in [4.78, 5) is 0. The lowest BCUT2D eigenvalue weighted by molar-refractivity contribution is 0.130. The molecule has 1 N–H and O–H groups in total. The van der Waals surface area contributed by atoms with Crippen LogP contribution in [0.25, 0.3) is 0 Å². The van der Waals surface area contributed by atoms with Crippen LogP contribution in [0.1, 0.15) is 52.9 Å². The fourth-order valence-electron chi connectivity index (χ4n) is 2.77. The van der Waals surface area contributed by atoms with Gasteiger partial charge >= 0.3 is 0 Å². The number of nitrogens with one attached hydrogen (secondary N) is 1. The first kappa shape index (κ1) is 14.0. The topological polar surface area (TPSA) is 21.3 Å². The van der Waals surface area contributed by atoms with Crippen LogP contribution in [0.3, 0.4) is 0 Å². The van der Waals surface area contributed by atoms with Gasteiger partial charge in [0, 0.05) is 19.7 Å². The molecule has 1 aliphatic carbocycles. The fourth-order valence-corrected chi connectivity index (χ4v) is 2.77. The molecular weight excluding hydrogens is 198 g/mol. The van der Waals surface area contributed by atoms with E-state index in [0.29, 0.717) is 11.5 Å². The van der Waals surface area contributed by atoms with E-state index in [0.717, 1.165) is 19.1 Å². The van der Waals surface area contributed by atoms with Crippen molar-refractivity contribution in [1.29, 1.82) is 0 Å². The Morgan fingerprint density at radius 2 is 1.88 bits per heavy atom. The summed E-state index contributed by atoms with van der Waals surface area (Å²) in [6, 6.07) is 0.466. The maximum absolute atomic E-state index is 5.15. The van der Waals surface area contributed by atoms with Gasteiger partial charge in [0.05, 0.1) is 6.61 Å². The Morgan fingerprint density at radius 3 is 2.44 bits per heavy atom. The van der Waals surface area contributed by atoms with Crippen LogP contribution in [0.5, 0.6) is 0 Å². The molecule has 0 radical (unpaired) electrons. The van der Waals surface area contributed by atoms with Gasteiger partial charge in [0.1, 0.15) is 0 Å². The van der Waals surface area contributed by atoms with Gasteiger partial charge in [-0.2, -0.15) is 0 Å². The molecule has 0 saturated heterocycles. The van der Waals surface area contributed by atoms with Crippen LogP contribution in [0, 0.1) is 11.3 Å². The molecule has 1 atom stereocenters. The summed E-state index contributed by atoms with van der Waals surface area (Å²) < 4.78 is 5.15. The Bertz CT molecular complexity index is 185. The van der Waals surface area contributed by atoms with Gasteiger partial charge in [-0.1, -0.05) is 33.1 Å². The van der Waals surface area contributed by atoms with Crippen LogP contribution < -0.4 is 5.32 Å². The summed E-state index contributed by atoms with van der Waals surface area (Å²) in [6.07, 6.45) is 7.16. The van der Waals surface area contributed by atoms with Crippen LogP contribution in [0.15, 0.2) is 0 Å². The molecule has 96 valence electrons. The quantitative estimate of drug-likeness (QED) is 0.752. The molecule has 1 fully saturated rings. The van der Waals surface area contributed by atoms with E-state index >= 15 is 0 Å². The predicted octanol–water partition coefficient (Wildman–Crippen LogP) is 3.22. The maximum Gasteiger partial charge on any atom is 0.0613 e. The molecule has 0 heterocycles. The third-order valence-corrected chi connectivity index (χ3v) is 4.03.